The molecule has 0 aliphatic heterocycles. The molecule has 0 bridgehead atoms. The van der Waals surface area contributed by atoms with Gasteiger partial charge in [-0.05, 0) is 22.6 Å². The van der Waals surface area contributed by atoms with Gasteiger partial charge in [-0.15, -0.1) is 0 Å². The van der Waals surface area contributed by atoms with Crippen molar-refractivity contribution in [3.05, 3.63) is 21.0 Å². The molecule has 0 aliphatic carbocycles. The third-order valence-corrected chi connectivity index (χ3v) is 3.09. The summed E-state index contributed by atoms with van der Waals surface area (Å²) >= 11 is 1.72. The van der Waals surface area contributed by atoms with E-state index in [-0.39, 0.29) is 21.4 Å². The second-order valence-corrected chi connectivity index (χ2v) is 4.15. The Bertz CT molecular complexity index is 426. The highest BCUT2D eigenvalue weighted by Gasteiger charge is 2.21. The van der Waals surface area contributed by atoms with Crippen LogP contribution in [0.4, 0.5) is 8.78 Å². The number of alkyl halides is 2. The van der Waals surface area contributed by atoms with Crippen LogP contribution < -0.4 is 4.74 Å². The first kappa shape index (κ1) is 14.1. The van der Waals surface area contributed by atoms with Crippen molar-refractivity contribution in [2.24, 2.45) is 0 Å². The molecule has 1 aromatic heterocycles. The summed E-state index contributed by atoms with van der Waals surface area (Å²) in [4.78, 5) is 14.8. The lowest BCUT2D eigenvalue weighted by molar-refractivity contribution is -0.139. The predicted octanol–water partition coefficient (Wildman–Crippen LogP) is 2.35. The van der Waals surface area contributed by atoms with Gasteiger partial charge in [0.1, 0.15) is 11.4 Å². The number of esters is 1. The molecule has 0 atom stereocenters. The maximum atomic E-state index is 12.6. The molecule has 0 amide bonds. The van der Waals surface area contributed by atoms with E-state index in [0.29, 0.717) is 5.56 Å². The molecular formula is C10H10F2INO3. The number of methoxy groups -OCH3 is 2. The maximum Gasteiger partial charge on any atom is 0.310 e. The second-order valence-electron chi connectivity index (χ2n) is 3.07. The Hall–Kier alpha value is -0.990. The molecular weight excluding hydrogens is 347 g/mol. The summed E-state index contributed by atoms with van der Waals surface area (Å²) in [6.45, 7) is 0. The standard InChI is InChI=1S/C10H10F2INO3/c1-16-6(15)3-5-4-14-8(10(11)12)7(13)9(5)17-2/h4,10H,3H2,1-2H3. The van der Waals surface area contributed by atoms with E-state index < -0.39 is 12.4 Å². The molecule has 7 heteroatoms. The third-order valence-electron chi connectivity index (χ3n) is 2.05. The van der Waals surface area contributed by atoms with Gasteiger partial charge in [0.05, 0.1) is 24.2 Å². The van der Waals surface area contributed by atoms with Crippen LogP contribution in [0.2, 0.25) is 0 Å². The van der Waals surface area contributed by atoms with Crippen molar-refractivity contribution in [3.8, 4) is 5.75 Å². The van der Waals surface area contributed by atoms with Crippen molar-refractivity contribution in [1.29, 1.82) is 0 Å². The molecule has 1 rings (SSSR count). The van der Waals surface area contributed by atoms with Crippen molar-refractivity contribution in [1.82, 2.24) is 4.98 Å². The fourth-order valence-electron chi connectivity index (χ4n) is 1.25. The fraction of sp³-hybridized carbons (Fsp3) is 0.400. The molecule has 0 spiro atoms. The Morgan fingerprint density at radius 3 is 2.65 bits per heavy atom. The first-order valence-corrected chi connectivity index (χ1v) is 5.65. The highest BCUT2D eigenvalue weighted by Crippen LogP contribution is 2.32. The van der Waals surface area contributed by atoms with Crippen molar-refractivity contribution in [2.75, 3.05) is 14.2 Å². The van der Waals surface area contributed by atoms with Crippen molar-refractivity contribution in [2.45, 2.75) is 12.8 Å². The van der Waals surface area contributed by atoms with Crippen molar-refractivity contribution in [3.63, 3.8) is 0 Å². The van der Waals surface area contributed by atoms with Crippen LogP contribution in [0, 0.1) is 3.57 Å². The summed E-state index contributed by atoms with van der Waals surface area (Å²) in [6, 6.07) is 0. The van der Waals surface area contributed by atoms with Crippen LogP contribution in [-0.4, -0.2) is 25.2 Å². The largest absolute Gasteiger partial charge is 0.495 e. The maximum absolute atomic E-state index is 12.6. The number of hydrogen-bond acceptors (Lipinski definition) is 4. The zero-order valence-corrected chi connectivity index (χ0v) is 11.3. The monoisotopic (exact) mass is 357 g/mol. The van der Waals surface area contributed by atoms with Gasteiger partial charge >= 0.3 is 5.97 Å². The summed E-state index contributed by atoms with van der Waals surface area (Å²) in [5.74, 6) is -0.244. The van der Waals surface area contributed by atoms with Crippen LogP contribution in [0.5, 0.6) is 5.75 Å². The summed E-state index contributed by atoms with van der Waals surface area (Å²) in [6.07, 6.45) is -1.53. The Morgan fingerprint density at radius 1 is 1.53 bits per heavy atom. The molecule has 1 aromatic rings. The van der Waals surface area contributed by atoms with Gasteiger partial charge in [0.2, 0.25) is 0 Å². The molecule has 0 aliphatic rings. The first-order chi connectivity index (χ1) is 8.01. The van der Waals surface area contributed by atoms with E-state index in [1.165, 1.54) is 20.4 Å². The number of carbonyl (C=O) groups excluding carboxylic acids is 1. The van der Waals surface area contributed by atoms with E-state index in [0.717, 1.165) is 0 Å². The minimum Gasteiger partial charge on any atom is -0.495 e. The normalized spacial score (nSPS) is 10.5. The molecule has 0 radical (unpaired) electrons. The second kappa shape index (κ2) is 6.08. The van der Waals surface area contributed by atoms with Gasteiger partial charge in [-0.25, -0.2) is 8.78 Å². The van der Waals surface area contributed by atoms with Crippen LogP contribution in [0.1, 0.15) is 17.7 Å². The number of rotatable bonds is 4. The molecule has 17 heavy (non-hydrogen) atoms. The minimum atomic E-state index is -2.68. The fourth-order valence-corrected chi connectivity index (χ4v) is 2.19. The van der Waals surface area contributed by atoms with E-state index >= 15 is 0 Å². The summed E-state index contributed by atoms with van der Waals surface area (Å²) in [5, 5.41) is 0. The molecule has 0 aromatic carbocycles. The van der Waals surface area contributed by atoms with Gasteiger partial charge in [-0.3, -0.25) is 9.78 Å². The van der Waals surface area contributed by atoms with E-state index in [9.17, 15) is 13.6 Å². The van der Waals surface area contributed by atoms with E-state index in [1.54, 1.807) is 22.6 Å². The van der Waals surface area contributed by atoms with Gasteiger partial charge in [-0.2, -0.15) is 0 Å². The lowest BCUT2D eigenvalue weighted by Crippen LogP contribution is -2.09. The third kappa shape index (κ3) is 3.24. The summed E-state index contributed by atoms with van der Waals surface area (Å²) in [7, 11) is 2.61. The zero-order chi connectivity index (χ0) is 13.0. The lowest BCUT2D eigenvalue weighted by atomic mass is 10.1. The number of halogens is 3. The van der Waals surface area contributed by atoms with Gasteiger partial charge in [0.25, 0.3) is 6.43 Å². The van der Waals surface area contributed by atoms with Crippen LogP contribution in [0.25, 0.3) is 0 Å². The highest BCUT2D eigenvalue weighted by molar-refractivity contribution is 14.1. The minimum absolute atomic E-state index is 0.0633. The van der Waals surface area contributed by atoms with Gasteiger partial charge in [0.15, 0.2) is 0 Å². The van der Waals surface area contributed by atoms with Gasteiger partial charge in [0, 0.05) is 11.8 Å². The zero-order valence-electron chi connectivity index (χ0n) is 9.17. The molecule has 0 saturated carbocycles. The average molecular weight is 357 g/mol. The smallest absolute Gasteiger partial charge is 0.310 e. The number of pyridine rings is 1. The number of nitrogens with zero attached hydrogens (tertiary/aromatic N) is 1. The summed E-state index contributed by atoms with van der Waals surface area (Å²) < 4.78 is 34.9. The van der Waals surface area contributed by atoms with E-state index in [4.69, 9.17) is 4.74 Å². The molecule has 0 unspecified atom stereocenters. The SMILES string of the molecule is COC(=O)Cc1cnc(C(F)F)c(I)c1OC. The number of hydrogen-bond donors (Lipinski definition) is 0. The van der Waals surface area contributed by atoms with E-state index in [2.05, 4.69) is 9.72 Å². The van der Waals surface area contributed by atoms with Crippen LogP contribution >= 0.6 is 22.6 Å². The van der Waals surface area contributed by atoms with Crippen LogP contribution in [0.15, 0.2) is 6.20 Å². The Morgan fingerprint density at radius 2 is 2.18 bits per heavy atom. The Kier molecular flexibility index (Phi) is 5.03. The molecule has 0 N–H and O–H groups in total. The average Bonchev–Trinajstić information content (AvgIpc) is 2.28. The molecule has 0 saturated heterocycles. The first-order valence-electron chi connectivity index (χ1n) is 4.57. The molecule has 0 fully saturated rings. The van der Waals surface area contributed by atoms with Gasteiger partial charge in [-0.1, -0.05) is 0 Å². The number of aromatic nitrogens is 1. The number of carbonyl (C=O) groups is 1. The summed E-state index contributed by atoms with van der Waals surface area (Å²) in [5.41, 5.74) is 0.0733. The van der Waals surface area contributed by atoms with Crippen molar-refractivity contribution >= 4 is 28.6 Å². The lowest BCUT2D eigenvalue weighted by Gasteiger charge is -2.12. The van der Waals surface area contributed by atoms with Crippen molar-refractivity contribution < 1.29 is 23.0 Å². The van der Waals surface area contributed by atoms with E-state index in [1.807, 2.05) is 0 Å². The predicted molar refractivity (Wildman–Crippen MR) is 64.2 cm³/mol. The molecule has 1 heterocycles. The molecule has 94 valence electrons. The van der Waals surface area contributed by atoms with Gasteiger partial charge < -0.3 is 9.47 Å². The van der Waals surface area contributed by atoms with Crippen LogP contribution in [-0.2, 0) is 16.0 Å². The topological polar surface area (TPSA) is 48.4 Å². The van der Waals surface area contributed by atoms with Crippen LogP contribution in [0.3, 0.4) is 0 Å². The Labute approximate surface area is 110 Å². The molecule has 4 nitrogen and oxygen atoms in total. The Balaban J connectivity index is 3.16. The highest BCUT2D eigenvalue weighted by atomic mass is 127. The quantitative estimate of drug-likeness (QED) is 0.613. The number of ether oxygens (including phenoxy) is 2.